The number of aryl methyl sites for hydroxylation is 1. The first-order chi connectivity index (χ1) is 17.5. The Morgan fingerprint density at radius 1 is 1.22 bits per heavy atom. The lowest BCUT2D eigenvalue weighted by Gasteiger charge is -2.29. The molecule has 8 nitrogen and oxygen atoms in total. The molecular weight excluding hydrogens is 489 g/mol. The summed E-state index contributed by atoms with van der Waals surface area (Å²) in [5, 5.41) is 3.52. The van der Waals surface area contributed by atoms with Crippen LogP contribution in [0.3, 0.4) is 0 Å². The molecule has 0 aliphatic carbocycles. The van der Waals surface area contributed by atoms with Crippen molar-refractivity contribution in [1.82, 2.24) is 14.5 Å². The molecule has 2 heterocycles. The van der Waals surface area contributed by atoms with Crippen molar-refractivity contribution in [3.63, 3.8) is 0 Å². The molecule has 0 bridgehead atoms. The van der Waals surface area contributed by atoms with E-state index in [4.69, 9.17) is 9.47 Å². The fourth-order valence-corrected chi connectivity index (χ4v) is 4.91. The summed E-state index contributed by atoms with van der Waals surface area (Å²) in [5.41, 5.74) is -0.934. The first-order valence-corrected chi connectivity index (χ1v) is 11.8. The standard InChI is InChI=1S/C26H29F3N4O4/c1-14(17-7-6-8-18(21(17)27)23(28)29)30-24-19-11-16(26(37-5)9-10-33(13-26)15(2)34)12-20(36-4)22(19)32(3)25(35)31-24/h6-8,11-12,14,23H,9-10,13H2,1-5H3,(H,30,31,35)/t14-,26-/m1/s1. The van der Waals surface area contributed by atoms with Gasteiger partial charge in [0.2, 0.25) is 5.91 Å². The third kappa shape index (κ3) is 4.63. The molecule has 3 aromatic rings. The van der Waals surface area contributed by atoms with Gasteiger partial charge in [-0.1, -0.05) is 18.2 Å². The summed E-state index contributed by atoms with van der Waals surface area (Å²) in [6.07, 6.45) is -2.42. The van der Waals surface area contributed by atoms with E-state index in [0.717, 1.165) is 6.07 Å². The predicted molar refractivity (Wildman–Crippen MR) is 132 cm³/mol. The maximum atomic E-state index is 14.8. The number of rotatable bonds is 7. The Morgan fingerprint density at radius 2 is 1.92 bits per heavy atom. The molecule has 11 heteroatoms. The fraction of sp³-hybridized carbons (Fsp3) is 0.423. The zero-order valence-electron chi connectivity index (χ0n) is 21.3. The quantitative estimate of drug-likeness (QED) is 0.503. The summed E-state index contributed by atoms with van der Waals surface area (Å²) in [4.78, 5) is 30.6. The zero-order valence-corrected chi connectivity index (χ0v) is 21.3. The van der Waals surface area contributed by atoms with Gasteiger partial charge >= 0.3 is 5.69 Å². The number of alkyl halides is 2. The van der Waals surface area contributed by atoms with Crippen molar-refractivity contribution in [1.29, 1.82) is 0 Å². The average molecular weight is 519 g/mol. The number of nitrogens with one attached hydrogen (secondary N) is 1. The van der Waals surface area contributed by atoms with Crippen LogP contribution in [0.15, 0.2) is 35.1 Å². The Balaban J connectivity index is 1.87. The topological polar surface area (TPSA) is 85.7 Å². The van der Waals surface area contributed by atoms with Gasteiger partial charge in [-0.2, -0.15) is 4.98 Å². The molecule has 1 aromatic heterocycles. The third-order valence-electron chi connectivity index (χ3n) is 7.09. The highest BCUT2D eigenvalue weighted by Crippen LogP contribution is 2.41. The molecule has 1 N–H and O–H groups in total. The molecule has 2 aromatic carbocycles. The molecule has 1 amide bonds. The van der Waals surface area contributed by atoms with Gasteiger partial charge in [0.25, 0.3) is 6.43 Å². The second-order valence-corrected chi connectivity index (χ2v) is 9.18. The number of amides is 1. The Labute approximate surface area is 212 Å². The van der Waals surface area contributed by atoms with Gasteiger partial charge in [-0.25, -0.2) is 18.0 Å². The smallest absolute Gasteiger partial charge is 0.349 e. The van der Waals surface area contributed by atoms with Crippen LogP contribution < -0.4 is 15.7 Å². The van der Waals surface area contributed by atoms with E-state index < -0.39 is 35.1 Å². The number of benzene rings is 2. The molecule has 1 fully saturated rings. The van der Waals surface area contributed by atoms with Gasteiger partial charge < -0.3 is 19.7 Å². The molecule has 4 rings (SSSR count). The Morgan fingerprint density at radius 3 is 2.51 bits per heavy atom. The number of nitrogens with zero attached hydrogens (tertiary/aromatic N) is 3. The van der Waals surface area contributed by atoms with Crippen LogP contribution in [-0.4, -0.2) is 47.7 Å². The van der Waals surface area contributed by atoms with E-state index in [9.17, 15) is 22.8 Å². The molecule has 0 radical (unpaired) electrons. The van der Waals surface area contributed by atoms with E-state index in [-0.39, 0.29) is 17.3 Å². The Bertz CT molecular complexity index is 1410. The second-order valence-electron chi connectivity index (χ2n) is 9.18. The van der Waals surface area contributed by atoms with E-state index in [0.29, 0.717) is 41.7 Å². The van der Waals surface area contributed by atoms with Crippen LogP contribution in [0.4, 0.5) is 19.0 Å². The van der Waals surface area contributed by atoms with Gasteiger partial charge in [0.05, 0.1) is 30.8 Å². The van der Waals surface area contributed by atoms with Gasteiger partial charge in [-0.3, -0.25) is 9.36 Å². The number of ether oxygens (including phenoxy) is 2. The summed E-state index contributed by atoms with van der Waals surface area (Å²) >= 11 is 0. The molecule has 2 atom stereocenters. The van der Waals surface area contributed by atoms with Gasteiger partial charge in [0.15, 0.2) is 0 Å². The van der Waals surface area contributed by atoms with E-state index in [1.807, 2.05) is 0 Å². The molecule has 198 valence electrons. The molecule has 1 aliphatic heterocycles. The molecule has 37 heavy (non-hydrogen) atoms. The van der Waals surface area contributed by atoms with Crippen molar-refractivity contribution in [3.05, 3.63) is 63.3 Å². The van der Waals surface area contributed by atoms with Crippen molar-refractivity contribution < 1.29 is 27.4 Å². The van der Waals surface area contributed by atoms with Gasteiger partial charge in [0.1, 0.15) is 23.0 Å². The van der Waals surface area contributed by atoms with Crippen molar-refractivity contribution in [2.75, 3.05) is 32.6 Å². The monoisotopic (exact) mass is 518 g/mol. The highest BCUT2D eigenvalue weighted by atomic mass is 19.3. The minimum absolute atomic E-state index is 0.0119. The number of aromatic nitrogens is 2. The first-order valence-electron chi connectivity index (χ1n) is 11.8. The number of carbonyl (C=O) groups is 1. The molecule has 1 aliphatic rings. The highest BCUT2D eigenvalue weighted by molar-refractivity contribution is 5.94. The molecule has 0 spiro atoms. The molecular formula is C26H29F3N4O4. The van der Waals surface area contributed by atoms with Crippen LogP contribution in [0.2, 0.25) is 0 Å². The summed E-state index contributed by atoms with van der Waals surface area (Å²) in [7, 11) is 4.59. The number of hydrogen-bond acceptors (Lipinski definition) is 6. The van der Waals surface area contributed by atoms with Crippen LogP contribution in [0.1, 0.15) is 49.4 Å². The van der Waals surface area contributed by atoms with Gasteiger partial charge in [0, 0.05) is 38.6 Å². The van der Waals surface area contributed by atoms with Crippen LogP contribution in [0, 0.1) is 5.82 Å². The lowest BCUT2D eigenvalue weighted by atomic mass is 9.91. The van der Waals surface area contributed by atoms with Crippen LogP contribution in [0.5, 0.6) is 5.75 Å². The molecule has 0 saturated carbocycles. The molecule has 1 saturated heterocycles. The van der Waals surface area contributed by atoms with Crippen molar-refractivity contribution in [2.24, 2.45) is 7.05 Å². The van der Waals surface area contributed by atoms with E-state index in [1.54, 1.807) is 38.1 Å². The molecule has 0 unspecified atom stereocenters. The number of carbonyl (C=O) groups excluding carboxylic acids is 1. The normalized spacial score (nSPS) is 18.5. The summed E-state index contributed by atoms with van der Waals surface area (Å²) in [6.45, 7) is 3.94. The van der Waals surface area contributed by atoms with E-state index >= 15 is 0 Å². The number of likely N-dealkylation sites (tertiary alicyclic amines) is 1. The Kier molecular flexibility index (Phi) is 7.18. The van der Waals surface area contributed by atoms with Crippen molar-refractivity contribution >= 4 is 22.6 Å². The first kappa shape index (κ1) is 26.5. The minimum Gasteiger partial charge on any atom is -0.495 e. The maximum Gasteiger partial charge on any atom is 0.349 e. The number of hydrogen-bond donors (Lipinski definition) is 1. The maximum absolute atomic E-state index is 14.8. The van der Waals surface area contributed by atoms with E-state index in [2.05, 4.69) is 10.3 Å². The third-order valence-corrected chi connectivity index (χ3v) is 7.09. The SMILES string of the molecule is COc1cc([C@@]2(OC)CCN(C(C)=O)C2)cc2c(N[C@H](C)c3cccc(C(F)F)c3F)nc(=O)n(C)c12. The van der Waals surface area contributed by atoms with Crippen molar-refractivity contribution in [2.45, 2.75) is 38.3 Å². The van der Waals surface area contributed by atoms with Crippen LogP contribution in [0.25, 0.3) is 10.9 Å². The minimum atomic E-state index is -2.96. The van der Waals surface area contributed by atoms with Crippen molar-refractivity contribution in [3.8, 4) is 5.75 Å². The lowest BCUT2D eigenvalue weighted by Crippen LogP contribution is -2.35. The largest absolute Gasteiger partial charge is 0.495 e. The zero-order chi connectivity index (χ0) is 27.1. The average Bonchev–Trinajstić information content (AvgIpc) is 3.32. The van der Waals surface area contributed by atoms with E-state index in [1.165, 1.54) is 30.7 Å². The lowest BCUT2D eigenvalue weighted by molar-refractivity contribution is -0.129. The second kappa shape index (κ2) is 10.0. The fourth-order valence-electron chi connectivity index (χ4n) is 4.91. The number of halogens is 3. The summed E-state index contributed by atoms with van der Waals surface area (Å²) in [6, 6.07) is 6.58. The van der Waals surface area contributed by atoms with Gasteiger partial charge in [-0.15, -0.1) is 0 Å². The number of anilines is 1. The highest BCUT2D eigenvalue weighted by Gasteiger charge is 2.41. The number of methoxy groups -OCH3 is 2. The summed E-state index contributed by atoms with van der Waals surface area (Å²) < 4.78 is 54.3. The van der Waals surface area contributed by atoms with Crippen LogP contribution in [-0.2, 0) is 22.2 Å². The number of fused-ring (bicyclic) bond motifs is 1. The van der Waals surface area contributed by atoms with Gasteiger partial charge in [-0.05, 0) is 31.0 Å². The predicted octanol–water partition coefficient (Wildman–Crippen LogP) is 4.29. The Hall–Kier alpha value is -3.60. The van der Waals surface area contributed by atoms with Crippen LogP contribution >= 0.6 is 0 Å². The summed E-state index contributed by atoms with van der Waals surface area (Å²) in [5.74, 6) is -0.563.